The van der Waals surface area contributed by atoms with E-state index < -0.39 is 11.7 Å². The maximum atomic E-state index is 12.7. The van der Waals surface area contributed by atoms with Gasteiger partial charge in [-0.2, -0.15) is 0 Å². The second-order valence-electron chi connectivity index (χ2n) is 10.2. The van der Waals surface area contributed by atoms with Gasteiger partial charge >= 0.3 is 6.09 Å². The van der Waals surface area contributed by atoms with Gasteiger partial charge in [0.2, 0.25) is 5.91 Å². The molecule has 39 heavy (non-hydrogen) atoms. The van der Waals surface area contributed by atoms with Crippen LogP contribution in [0.25, 0.3) is 11.3 Å². The lowest BCUT2D eigenvalue weighted by Crippen LogP contribution is -2.34. The van der Waals surface area contributed by atoms with Gasteiger partial charge in [0.15, 0.2) is 5.13 Å². The minimum Gasteiger partial charge on any atom is -0.491 e. The molecule has 0 saturated heterocycles. The summed E-state index contributed by atoms with van der Waals surface area (Å²) in [6.45, 7) is 9.85. The normalized spacial score (nSPS) is 12.4. The highest BCUT2D eigenvalue weighted by atomic mass is 32.1. The molecule has 208 valence electrons. The number of alkyl carbamates (subject to hydrolysis) is 1. The monoisotopic (exact) mass is 552 g/mol. The predicted octanol–water partition coefficient (Wildman–Crippen LogP) is 5.19. The average Bonchev–Trinajstić information content (AvgIpc) is 3.48. The summed E-state index contributed by atoms with van der Waals surface area (Å²) in [6, 6.07) is 13.8. The summed E-state index contributed by atoms with van der Waals surface area (Å²) >= 11 is 1.48. The van der Waals surface area contributed by atoms with Gasteiger partial charge in [0.05, 0.1) is 25.3 Å². The summed E-state index contributed by atoms with van der Waals surface area (Å²) < 4.78 is 16.4. The number of benzene rings is 2. The second-order valence-corrected chi connectivity index (χ2v) is 11.4. The first-order valence-electron chi connectivity index (χ1n) is 13.1. The molecule has 10 heteroatoms. The number of amides is 2. The molecular weight excluding hydrogens is 516 g/mol. The van der Waals surface area contributed by atoms with Crippen molar-refractivity contribution in [1.82, 2.24) is 10.3 Å². The van der Waals surface area contributed by atoms with Crippen LogP contribution in [0.3, 0.4) is 0 Å². The van der Waals surface area contributed by atoms with Crippen LogP contribution in [0.1, 0.15) is 36.8 Å². The van der Waals surface area contributed by atoms with Gasteiger partial charge < -0.3 is 30.2 Å². The Bertz CT molecular complexity index is 1300. The van der Waals surface area contributed by atoms with E-state index in [0.717, 1.165) is 34.7 Å². The highest BCUT2D eigenvalue weighted by molar-refractivity contribution is 7.16. The van der Waals surface area contributed by atoms with Crippen LogP contribution < -0.4 is 20.7 Å². The van der Waals surface area contributed by atoms with Crippen molar-refractivity contribution >= 4 is 34.2 Å². The van der Waals surface area contributed by atoms with E-state index in [-0.39, 0.29) is 12.3 Å². The SMILES string of the molecule is Cc1sc(NC(=O)Cc2cccc(OCCOCCNC(=O)OC(C)(C)C)c2)nc1-c1ccc2c(c1)CCN2. The number of thiazole rings is 1. The number of aryl methyl sites for hydroxylation is 1. The van der Waals surface area contributed by atoms with Crippen molar-refractivity contribution in [3.63, 3.8) is 0 Å². The van der Waals surface area contributed by atoms with Gasteiger partial charge in [-0.05, 0) is 69.5 Å². The van der Waals surface area contributed by atoms with Crippen molar-refractivity contribution in [1.29, 1.82) is 0 Å². The Morgan fingerprint density at radius 3 is 2.77 bits per heavy atom. The van der Waals surface area contributed by atoms with E-state index in [1.54, 1.807) is 0 Å². The van der Waals surface area contributed by atoms with Gasteiger partial charge in [0.1, 0.15) is 18.0 Å². The van der Waals surface area contributed by atoms with Gasteiger partial charge in [-0.25, -0.2) is 9.78 Å². The Morgan fingerprint density at radius 1 is 1.10 bits per heavy atom. The number of rotatable bonds is 11. The lowest BCUT2D eigenvalue weighted by Gasteiger charge is -2.19. The molecule has 0 bridgehead atoms. The van der Waals surface area contributed by atoms with Crippen molar-refractivity contribution in [3.05, 3.63) is 58.5 Å². The van der Waals surface area contributed by atoms with E-state index in [2.05, 4.69) is 34.1 Å². The molecule has 9 nitrogen and oxygen atoms in total. The molecule has 0 unspecified atom stereocenters. The molecule has 1 aliphatic heterocycles. The average molecular weight is 553 g/mol. The summed E-state index contributed by atoms with van der Waals surface area (Å²) in [4.78, 5) is 30.1. The van der Waals surface area contributed by atoms with Crippen LogP contribution in [0, 0.1) is 6.92 Å². The molecule has 0 saturated carbocycles. The molecule has 4 rings (SSSR count). The molecule has 0 spiro atoms. The maximum absolute atomic E-state index is 12.7. The van der Waals surface area contributed by atoms with Crippen molar-refractivity contribution in [2.24, 2.45) is 0 Å². The van der Waals surface area contributed by atoms with Crippen LogP contribution in [0.5, 0.6) is 5.75 Å². The molecule has 0 aliphatic carbocycles. The number of ether oxygens (including phenoxy) is 3. The van der Waals surface area contributed by atoms with Crippen molar-refractivity contribution in [2.45, 2.75) is 46.1 Å². The van der Waals surface area contributed by atoms with E-state index >= 15 is 0 Å². The summed E-state index contributed by atoms with van der Waals surface area (Å²) in [7, 11) is 0. The largest absolute Gasteiger partial charge is 0.491 e. The third-order valence-electron chi connectivity index (χ3n) is 5.81. The summed E-state index contributed by atoms with van der Waals surface area (Å²) in [5, 5.41) is 9.55. The molecule has 1 aromatic heterocycles. The summed E-state index contributed by atoms with van der Waals surface area (Å²) in [5.74, 6) is 0.528. The fourth-order valence-electron chi connectivity index (χ4n) is 4.12. The molecule has 0 atom stereocenters. The first-order valence-corrected chi connectivity index (χ1v) is 13.9. The molecule has 2 heterocycles. The molecule has 0 radical (unpaired) electrons. The van der Waals surface area contributed by atoms with Crippen LogP contribution in [0.2, 0.25) is 0 Å². The quantitative estimate of drug-likeness (QED) is 0.281. The third kappa shape index (κ3) is 8.69. The first kappa shape index (κ1) is 28.4. The number of hydrogen-bond donors (Lipinski definition) is 3. The minimum atomic E-state index is -0.530. The Hall–Kier alpha value is -3.63. The van der Waals surface area contributed by atoms with E-state index in [9.17, 15) is 9.59 Å². The number of aromatic nitrogens is 1. The fourth-order valence-corrected chi connectivity index (χ4v) is 4.98. The molecule has 0 fully saturated rings. The van der Waals surface area contributed by atoms with E-state index in [0.29, 0.717) is 37.2 Å². The Labute approximate surface area is 233 Å². The number of carbonyl (C=O) groups excluding carboxylic acids is 2. The van der Waals surface area contributed by atoms with E-state index in [1.165, 1.54) is 22.6 Å². The summed E-state index contributed by atoms with van der Waals surface area (Å²) in [6.07, 6.45) is 0.757. The highest BCUT2D eigenvalue weighted by Gasteiger charge is 2.17. The lowest BCUT2D eigenvalue weighted by atomic mass is 10.1. The van der Waals surface area contributed by atoms with Crippen LogP contribution in [-0.2, 0) is 27.1 Å². The number of carbonyl (C=O) groups is 2. The van der Waals surface area contributed by atoms with Gasteiger partial charge in [0, 0.05) is 29.2 Å². The van der Waals surface area contributed by atoms with E-state index in [4.69, 9.17) is 19.2 Å². The van der Waals surface area contributed by atoms with Crippen molar-refractivity contribution < 1.29 is 23.8 Å². The van der Waals surface area contributed by atoms with Gasteiger partial charge in [-0.3, -0.25) is 4.79 Å². The Morgan fingerprint density at radius 2 is 1.95 bits per heavy atom. The van der Waals surface area contributed by atoms with Gasteiger partial charge in [-0.1, -0.05) is 18.2 Å². The van der Waals surface area contributed by atoms with E-state index in [1.807, 2.05) is 52.0 Å². The third-order valence-corrected chi connectivity index (χ3v) is 6.69. The molecule has 1 aliphatic rings. The number of nitrogens with zero attached hydrogens (tertiary/aromatic N) is 1. The zero-order valence-corrected chi connectivity index (χ0v) is 23.7. The zero-order chi connectivity index (χ0) is 27.8. The van der Waals surface area contributed by atoms with Crippen LogP contribution in [-0.4, -0.2) is 55.5 Å². The van der Waals surface area contributed by atoms with Crippen molar-refractivity contribution in [2.75, 3.05) is 43.5 Å². The maximum Gasteiger partial charge on any atom is 0.407 e. The van der Waals surface area contributed by atoms with Gasteiger partial charge in [0.25, 0.3) is 0 Å². The molecule has 3 N–H and O–H groups in total. The molecule has 2 amide bonds. The highest BCUT2D eigenvalue weighted by Crippen LogP contribution is 2.33. The lowest BCUT2D eigenvalue weighted by molar-refractivity contribution is -0.115. The summed E-state index contributed by atoms with van der Waals surface area (Å²) in [5.41, 5.74) is 4.77. The molecule has 2 aromatic carbocycles. The number of hydrogen-bond acceptors (Lipinski definition) is 8. The number of anilines is 2. The standard InChI is InChI=1S/C29H36N4O5S/c1-19-26(22-8-9-24-21(18-22)10-11-30-24)33-27(39-19)32-25(34)17-20-6-5-7-23(16-20)37-15-14-36-13-12-31-28(35)38-29(2,3)4/h5-9,16,18,30H,10-15,17H2,1-4H3,(H,31,35)(H,32,33,34). The Balaban J connectivity index is 1.19. The van der Waals surface area contributed by atoms with Crippen LogP contribution in [0.15, 0.2) is 42.5 Å². The molecular formula is C29H36N4O5S. The van der Waals surface area contributed by atoms with Crippen LogP contribution in [0.4, 0.5) is 15.6 Å². The second kappa shape index (κ2) is 12.9. The minimum absolute atomic E-state index is 0.133. The molecule has 3 aromatic rings. The number of fused-ring (bicyclic) bond motifs is 1. The predicted molar refractivity (Wildman–Crippen MR) is 154 cm³/mol. The topological polar surface area (TPSA) is 111 Å². The van der Waals surface area contributed by atoms with Crippen molar-refractivity contribution in [3.8, 4) is 17.0 Å². The number of nitrogens with one attached hydrogen (secondary N) is 3. The van der Waals surface area contributed by atoms with Crippen LogP contribution >= 0.6 is 11.3 Å². The fraction of sp³-hybridized carbons (Fsp3) is 0.414. The van der Waals surface area contributed by atoms with Gasteiger partial charge in [-0.15, -0.1) is 11.3 Å². The smallest absolute Gasteiger partial charge is 0.407 e. The Kier molecular flexibility index (Phi) is 9.42. The zero-order valence-electron chi connectivity index (χ0n) is 22.9. The first-order chi connectivity index (χ1) is 18.7.